The van der Waals surface area contributed by atoms with Crippen LogP contribution in [0.25, 0.3) is 10.8 Å². The molecule has 0 bridgehead atoms. The van der Waals surface area contributed by atoms with Crippen LogP contribution in [0.1, 0.15) is 76.7 Å². The van der Waals surface area contributed by atoms with Crippen molar-refractivity contribution in [1.82, 2.24) is 0 Å². The Morgan fingerprint density at radius 1 is 0.667 bits per heavy atom. The van der Waals surface area contributed by atoms with Gasteiger partial charge in [-0.3, -0.25) is 0 Å². The van der Waals surface area contributed by atoms with Crippen molar-refractivity contribution in [2.24, 2.45) is 0 Å². The highest BCUT2D eigenvalue weighted by Crippen LogP contribution is 2.17. The number of unbranched alkanes of at least 4 members (excludes halogenated alkanes) is 8. The first-order valence-electron chi connectivity index (χ1n) is 10.0. The third-order valence-corrected chi connectivity index (χ3v) is 4.79. The van der Waals surface area contributed by atoms with E-state index in [2.05, 4.69) is 61.5 Å². The Balaban J connectivity index is 1.51. The van der Waals surface area contributed by atoms with Gasteiger partial charge in [-0.1, -0.05) is 93.6 Å². The van der Waals surface area contributed by atoms with Crippen LogP contribution in [-0.4, -0.2) is 0 Å². The lowest BCUT2D eigenvalue weighted by Crippen LogP contribution is -1.86. The van der Waals surface area contributed by atoms with Crippen LogP contribution < -0.4 is 0 Å². The summed E-state index contributed by atoms with van der Waals surface area (Å²) in [5, 5.41) is 2.72. The lowest BCUT2D eigenvalue weighted by molar-refractivity contribution is 0.636. The molecule has 2 rings (SSSR count). The van der Waals surface area contributed by atoms with Crippen molar-refractivity contribution in [2.75, 3.05) is 0 Å². The Morgan fingerprint density at radius 3 is 2.08 bits per heavy atom. The average Bonchev–Trinajstić information content (AvgIpc) is 2.62. The normalized spacial score (nSPS) is 11.5. The molecule has 0 N–H and O–H groups in total. The molecule has 0 fully saturated rings. The van der Waals surface area contributed by atoms with Gasteiger partial charge in [0.15, 0.2) is 0 Å². The van der Waals surface area contributed by atoms with E-state index in [-0.39, 0.29) is 0 Å². The third-order valence-electron chi connectivity index (χ3n) is 4.79. The van der Waals surface area contributed by atoms with Gasteiger partial charge in [-0.25, -0.2) is 0 Å². The molecular formula is C24H34. The number of rotatable bonds is 12. The molecule has 0 nitrogen and oxygen atoms in total. The Bertz CT molecular complexity index is 594. The molecule has 2 aromatic rings. The smallest absolute Gasteiger partial charge is 0.0181 e. The van der Waals surface area contributed by atoms with Gasteiger partial charge in [-0.15, -0.1) is 0 Å². The second kappa shape index (κ2) is 11.9. The maximum atomic E-state index is 2.40. The van der Waals surface area contributed by atoms with Gasteiger partial charge in [0, 0.05) is 0 Å². The Hall–Kier alpha value is -1.56. The molecule has 0 heterocycles. The Morgan fingerprint density at radius 2 is 1.33 bits per heavy atom. The van der Waals surface area contributed by atoms with Crippen molar-refractivity contribution in [2.45, 2.75) is 77.6 Å². The predicted molar refractivity (Wildman–Crippen MR) is 109 cm³/mol. The van der Waals surface area contributed by atoms with Gasteiger partial charge in [0.1, 0.15) is 0 Å². The summed E-state index contributed by atoms with van der Waals surface area (Å²) in [7, 11) is 0. The number of aryl methyl sites for hydroxylation is 1. The SMILES string of the molecule is CCCCCCC/C=C/CCCCCc1ccc2ccccc2c1. The average molecular weight is 323 g/mol. The summed E-state index contributed by atoms with van der Waals surface area (Å²) in [5.41, 5.74) is 1.48. The minimum Gasteiger partial charge on any atom is -0.0885 e. The summed E-state index contributed by atoms with van der Waals surface area (Å²) in [6, 6.07) is 15.5. The number of fused-ring (bicyclic) bond motifs is 1. The Labute approximate surface area is 149 Å². The lowest BCUT2D eigenvalue weighted by atomic mass is 10.0. The van der Waals surface area contributed by atoms with Crippen LogP contribution in [0.4, 0.5) is 0 Å². The molecule has 0 unspecified atom stereocenters. The van der Waals surface area contributed by atoms with Crippen molar-refractivity contribution >= 4 is 10.8 Å². The van der Waals surface area contributed by atoms with E-state index in [0.29, 0.717) is 0 Å². The predicted octanol–water partition coefficient (Wildman–Crippen LogP) is 7.86. The fourth-order valence-corrected chi connectivity index (χ4v) is 3.26. The van der Waals surface area contributed by atoms with E-state index in [0.717, 1.165) is 0 Å². The van der Waals surface area contributed by atoms with Crippen molar-refractivity contribution in [3.05, 3.63) is 60.2 Å². The van der Waals surface area contributed by atoms with E-state index >= 15 is 0 Å². The largest absolute Gasteiger partial charge is 0.0885 e. The Kier molecular flexibility index (Phi) is 9.31. The molecule has 0 saturated heterocycles. The first kappa shape index (κ1) is 18.8. The number of hydrogen-bond acceptors (Lipinski definition) is 0. The van der Waals surface area contributed by atoms with Gasteiger partial charge in [-0.2, -0.15) is 0 Å². The van der Waals surface area contributed by atoms with E-state index < -0.39 is 0 Å². The van der Waals surface area contributed by atoms with Crippen LogP contribution in [0, 0.1) is 0 Å². The lowest BCUT2D eigenvalue weighted by Gasteiger charge is -2.03. The van der Waals surface area contributed by atoms with Crippen molar-refractivity contribution < 1.29 is 0 Å². The topological polar surface area (TPSA) is 0 Å². The first-order valence-corrected chi connectivity index (χ1v) is 10.0. The van der Waals surface area contributed by atoms with Gasteiger partial charge in [0.05, 0.1) is 0 Å². The number of allylic oxidation sites excluding steroid dienone is 2. The van der Waals surface area contributed by atoms with E-state index in [4.69, 9.17) is 0 Å². The molecule has 24 heavy (non-hydrogen) atoms. The zero-order chi connectivity index (χ0) is 16.9. The van der Waals surface area contributed by atoms with Crippen LogP contribution in [-0.2, 0) is 6.42 Å². The van der Waals surface area contributed by atoms with Crippen LogP contribution in [0.3, 0.4) is 0 Å². The van der Waals surface area contributed by atoms with Crippen LogP contribution in [0.15, 0.2) is 54.6 Å². The summed E-state index contributed by atoms with van der Waals surface area (Å²) in [4.78, 5) is 0. The van der Waals surface area contributed by atoms with Gasteiger partial charge >= 0.3 is 0 Å². The van der Waals surface area contributed by atoms with Gasteiger partial charge < -0.3 is 0 Å². The van der Waals surface area contributed by atoms with Crippen LogP contribution in [0.2, 0.25) is 0 Å². The molecule has 130 valence electrons. The van der Waals surface area contributed by atoms with E-state index in [9.17, 15) is 0 Å². The monoisotopic (exact) mass is 322 g/mol. The molecule has 0 aromatic heterocycles. The van der Waals surface area contributed by atoms with Gasteiger partial charge in [0.25, 0.3) is 0 Å². The molecule has 0 aliphatic rings. The summed E-state index contributed by atoms with van der Waals surface area (Å²) in [5.74, 6) is 0. The van der Waals surface area contributed by atoms with Crippen LogP contribution >= 0.6 is 0 Å². The van der Waals surface area contributed by atoms with E-state index in [1.54, 1.807) is 0 Å². The molecule has 0 radical (unpaired) electrons. The molecule has 0 amide bonds. The molecule has 2 aromatic carbocycles. The summed E-state index contributed by atoms with van der Waals surface area (Å²) < 4.78 is 0. The van der Waals surface area contributed by atoms with Crippen molar-refractivity contribution in [3.8, 4) is 0 Å². The standard InChI is InChI=1S/C24H34/c1-2-3-4-5-6-7-8-9-10-11-12-13-16-22-19-20-23-17-14-15-18-24(23)21-22/h8-9,14-15,17-21H,2-7,10-13,16H2,1H3/b9-8+. The maximum absolute atomic E-state index is 2.40. The fourth-order valence-electron chi connectivity index (χ4n) is 3.26. The summed E-state index contributed by atoms with van der Waals surface area (Å²) >= 11 is 0. The fraction of sp³-hybridized carbons (Fsp3) is 0.500. The highest BCUT2D eigenvalue weighted by atomic mass is 14.0. The van der Waals surface area contributed by atoms with E-state index in [1.165, 1.54) is 87.0 Å². The molecule has 0 saturated carbocycles. The first-order chi connectivity index (χ1) is 11.9. The zero-order valence-electron chi connectivity index (χ0n) is 15.5. The third kappa shape index (κ3) is 7.34. The molecular weight excluding hydrogens is 288 g/mol. The van der Waals surface area contributed by atoms with E-state index in [1.807, 2.05) is 0 Å². The van der Waals surface area contributed by atoms with Crippen molar-refractivity contribution in [3.63, 3.8) is 0 Å². The highest BCUT2D eigenvalue weighted by Gasteiger charge is 1.96. The zero-order valence-corrected chi connectivity index (χ0v) is 15.5. The quantitative estimate of drug-likeness (QED) is 0.275. The number of hydrogen-bond donors (Lipinski definition) is 0. The molecule has 0 spiro atoms. The minimum atomic E-state index is 1.21. The van der Waals surface area contributed by atoms with Crippen molar-refractivity contribution in [1.29, 1.82) is 0 Å². The van der Waals surface area contributed by atoms with Gasteiger partial charge in [0.2, 0.25) is 0 Å². The van der Waals surface area contributed by atoms with Gasteiger partial charge in [-0.05, 0) is 54.9 Å². The highest BCUT2D eigenvalue weighted by molar-refractivity contribution is 5.82. The molecule has 0 aliphatic heterocycles. The molecule has 0 heteroatoms. The van der Waals surface area contributed by atoms with Crippen LogP contribution in [0.5, 0.6) is 0 Å². The second-order valence-electron chi connectivity index (χ2n) is 6.96. The maximum Gasteiger partial charge on any atom is -0.0181 e. The molecule has 0 aliphatic carbocycles. The minimum absolute atomic E-state index is 1.21. The second-order valence-corrected chi connectivity index (χ2v) is 6.96. The summed E-state index contributed by atoms with van der Waals surface area (Å²) in [6.45, 7) is 2.28. The number of benzene rings is 2. The molecule has 0 atom stereocenters. The summed E-state index contributed by atoms with van der Waals surface area (Å²) in [6.07, 6.45) is 19.5.